The Balaban J connectivity index is 1.65. The predicted octanol–water partition coefficient (Wildman–Crippen LogP) is 3.94. The maximum absolute atomic E-state index is 12.3. The fourth-order valence-electron chi connectivity index (χ4n) is 7.54. The standard InChI is InChI=1S/C22H32O3/c1-13-11-22(3)14(10-19(13)24)4-5-15-16-6-7-18(20(25)12-23)21(16,2)9-8-17(15)22/h10,13,15-18,23H,4-9,11-12H2,1-3H3/t13-,15+,16+,17+,18-,21+,22+/m1/s1. The van der Waals surface area contributed by atoms with Crippen molar-refractivity contribution in [1.82, 2.24) is 0 Å². The van der Waals surface area contributed by atoms with Crippen molar-refractivity contribution in [3.05, 3.63) is 11.6 Å². The first-order chi connectivity index (χ1) is 11.8. The summed E-state index contributed by atoms with van der Waals surface area (Å²) >= 11 is 0. The third-order valence-corrected chi connectivity index (χ3v) is 8.81. The summed E-state index contributed by atoms with van der Waals surface area (Å²) in [5.74, 6) is 2.53. The summed E-state index contributed by atoms with van der Waals surface area (Å²) in [4.78, 5) is 24.5. The van der Waals surface area contributed by atoms with Gasteiger partial charge in [-0.05, 0) is 79.6 Å². The molecule has 138 valence electrons. The number of fused-ring (bicyclic) bond motifs is 5. The summed E-state index contributed by atoms with van der Waals surface area (Å²) in [5, 5.41) is 9.39. The lowest BCUT2D eigenvalue weighted by molar-refractivity contribution is -0.133. The second-order valence-electron chi connectivity index (χ2n) is 9.81. The van der Waals surface area contributed by atoms with Gasteiger partial charge < -0.3 is 5.11 Å². The largest absolute Gasteiger partial charge is 0.389 e. The van der Waals surface area contributed by atoms with Crippen molar-refractivity contribution in [3.8, 4) is 0 Å². The highest BCUT2D eigenvalue weighted by Gasteiger charge is 2.60. The molecule has 3 saturated carbocycles. The summed E-state index contributed by atoms with van der Waals surface area (Å²) in [6.07, 6.45) is 9.57. The summed E-state index contributed by atoms with van der Waals surface area (Å²) in [6, 6.07) is 0. The molecule has 0 bridgehead atoms. The molecular formula is C22H32O3. The van der Waals surface area contributed by atoms with Gasteiger partial charge in [-0.3, -0.25) is 9.59 Å². The van der Waals surface area contributed by atoms with Crippen molar-refractivity contribution in [2.75, 3.05) is 6.61 Å². The predicted molar refractivity (Wildman–Crippen MR) is 96.8 cm³/mol. The molecule has 0 heterocycles. The van der Waals surface area contributed by atoms with E-state index in [0.29, 0.717) is 23.5 Å². The summed E-state index contributed by atoms with van der Waals surface area (Å²) in [5.41, 5.74) is 1.66. The maximum atomic E-state index is 12.3. The number of rotatable bonds is 2. The van der Waals surface area contributed by atoms with E-state index in [1.54, 1.807) is 0 Å². The molecule has 0 amide bonds. The minimum absolute atomic E-state index is 0.0556. The van der Waals surface area contributed by atoms with Crippen LogP contribution in [0, 0.1) is 40.4 Å². The van der Waals surface area contributed by atoms with Crippen LogP contribution in [-0.4, -0.2) is 23.3 Å². The Hall–Kier alpha value is -0.960. The molecule has 0 aromatic carbocycles. The first-order valence-electron chi connectivity index (χ1n) is 10.2. The Bertz CT molecular complexity index is 635. The van der Waals surface area contributed by atoms with E-state index in [9.17, 15) is 14.7 Å². The third kappa shape index (κ3) is 2.34. The van der Waals surface area contributed by atoms with Crippen LogP contribution in [0.4, 0.5) is 0 Å². The van der Waals surface area contributed by atoms with Crippen LogP contribution >= 0.6 is 0 Å². The van der Waals surface area contributed by atoms with Crippen LogP contribution in [0.2, 0.25) is 0 Å². The van der Waals surface area contributed by atoms with Crippen molar-refractivity contribution in [3.63, 3.8) is 0 Å². The summed E-state index contributed by atoms with van der Waals surface area (Å²) in [6.45, 7) is 6.51. The summed E-state index contributed by atoms with van der Waals surface area (Å²) < 4.78 is 0. The average Bonchev–Trinajstić information content (AvgIpc) is 2.93. The highest BCUT2D eigenvalue weighted by Crippen LogP contribution is 2.66. The molecule has 0 saturated heterocycles. The average molecular weight is 344 g/mol. The second kappa shape index (κ2) is 5.77. The molecule has 7 atom stereocenters. The lowest BCUT2D eigenvalue weighted by Gasteiger charge is -2.58. The number of aliphatic hydroxyl groups excluding tert-OH is 1. The van der Waals surface area contributed by atoms with Crippen LogP contribution in [0.5, 0.6) is 0 Å². The van der Waals surface area contributed by atoms with Crippen LogP contribution in [-0.2, 0) is 9.59 Å². The Labute approximate surface area is 151 Å². The molecule has 0 radical (unpaired) electrons. The monoisotopic (exact) mass is 344 g/mol. The van der Waals surface area contributed by atoms with Gasteiger partial charge in [-0.25, -0.2) is 0 Å². The zero-order valence-corrected chi connectivity index (χ0v) is 15.9. The van der Waals surface area contributed by atoms with Crippen molar-refractivity contribution in [1.29, 1.82) is 0 Å². The fourth-order valence-corrected chi connectivity index (χ4v) is 7.54. The van der Waals surface area contributed by atoms with Gasteiger partial charge in [-0.15, -0.1) is 0 Å². The van der Waals surface area contributed by atoms with Crippen LogP contribution in [0.1, 0.15) is 65.7 Å². The molecule has 3 heteroatoms. The number of hydrogen-bond acceptors (Lipinski definition) is 3. The molecular weight excluding hydrogens is 312 g/mol. The van der Waals surface area contributed by atoms with E-state index in [2.05, 4.69) is 20.8 Å². The zero-order chi connectivity index (χ0) is 18.0. The molecule has 1 N–H and O–H groups in total. The first kappa shape index (κ1) is 17.5. The zero-order valence-electron chi connectivity index (χ0n) is 15.9. The van der Waals surface area contributed by atoms with Crippen molar-refractivity contribution in [2.45, 2.75) is 65.7 Å². The highest BCUT2D eigenvalue weighted by atomic mass is 16.3. The van der Waals surface area contributed by atoms with E-state index in [-0.39, 0.29) is 35.1 Å². The van der Waals surface area contributed by atoms with Crippen LogP contribution < -0.4 is 0 Å². The van der Waals surface area contributed by atoms with E-state index in [1.165, 1.54) is 18.4 Å². The normalized spacial score (nSPS) is 49.0. The number of Topliss-reactive ketones (excluding diaryl/α,β-unsaturated/α-hetero) is 1. The topological polar surface area (TPSA) is 54.4 Å². The second-order valence-corrected chi connectivity index (χ2v) is 9.81. The van der Waals surface area contributed by atoms with Crippen molar-refractivity contribution in [2.24, 2.45) is 40.4 Å². The smallest absolute Gasteiger partial charge is 0.161 e. The minimum Gasteiger partial charge on any atom is -0.389 e. The lowest BCUT2D eigenvalue weighted by Crippen LogP contribution is -2.52. The number of hydrogen-bond donors (Lipinski definition) is 1. The number of carbonyl (C=O) groups is 2. The minimum atomic E-state index is -0.300. The summed E-state index contributed by atoms with van der Waals surface area (Å²) in [7, 11) is 0. The Morgan fingerprint density at radius 2 is 1.96 bits per heavy atom. The number of allylic oxidation sites excluding steroid dienone is 1. The molecule has 3 fully saturated rings. The Kier molecular flexibility index (Phi) is 4.03. The number of carbonyl (C=O) groups excluding carboxylic acids is 2. The van der Waals surface area contributed by atoms with Gasteiger partial charge in [0.2, 0.25) is 0 Å². The molecule has 25 heavy (non-hydrogen) atoms. The Morgan fingerprint density at radius 1 is 1.20 bits per heavy atom. The SMILES string of the molecule is C[C@@H]1C[C@@]2(C)C(=CC1=O)CC[C@H]1[C@@H]3CC[C@H](C(=O)CO)[C@@]3(C)CC[C@@H]12. The fraction of sp³-hybridized carbons (Fsp3) is 0.818. The van der Waals surface area contributed by atoms with Gasteiger partial charge in [0.15, 0.2) is 11.6 Å². The van der Waals surface area contributed by atoms with Gasteiger partial charge >= 0.3 is 0 Å². The van der Waals surface area contributed by atoms with Crippen LogP contribution in [0.25, 0.3) is 0 Å². The van der Waals surface area contributed by atoms with E-state index in [1.807, 2.05) is 6.08 Å². The Morgan fingerprint density at radius 3 is 2.68 bits per heavy atom. The first-order valence-corrected chi connectivity index (χ1v) is 10.2. The molecule has 4 rings (SSSR count). The van der Waals surface area contributed by atoms with Crippen LogP contribution in [0.15, 0.2) is 11.6 Å². The van der Waals surface area contributed by atoms with Gasteiger partial charge in [0.05, 0.1) is 0 Å². The molecule has 0 unspecified atom stereocenters. The van der Waals surface area contributed by atoms with E-state index >= 15 is 0 Å². The van der Waals surface area contributed by atoms with Gasteiger partial charge in [-0.2, -0.15) is 0 Å². The van der Waals surface area contributed by atoms with E-state index in [0.717, 1.165) is 32.1 Å². The highest BCUT2D eigenvalue weighted by molar-refractivity contribution is 5.93. The molecule has 0 aromatic rings. The van der Waals surface area contributed by atoms with Gasteiger partial charge in [0, 0.05) is 11.8 Å². The lowest BCUT2D eigenvalue weighted by atomic mass is 9.46. The van der Waals surface area contributed by atoms with Gasteiger partial charge in [0.1, 0.15) is 6.61 Å². The molecule has 4 aliphatic rings. The van der Waals surface area contributed by atoms with E-state index in [4.69, 9.17) is 0 Å². The maximum Gasteiger partial charge on any atom is 0.161 e. The van der Waals surface area contributed by atoms with Crippen molar-refractivity contribution >= 4 is 11.6 Å². The third-order valence-electron chi connectivity index (χ3n) is 8.81. The number of aliphatic hydroxyl groups is 1. The van der Waals surface area contributed by atoms with Gasteiger partial charge in [0.25, 0.3) is 0 Å². The molecule has 0 spiro atoms. The van der Waals surface area contributed by atoms with E-state index < -0.39 is 0 Å². The van der Waals surface area contributed by atoms with Crippen LogP contribution in [0.3, 0.4) is 0 Å². The molecule has 3 nitrogen and oxygen atoms in total. The molecule has 4 aliphatic carbocycles. The van der Waals surface area contributed by atoms with Gasteiger partial charge in [-0.1, -0.05) is 26.3 Å². The number of ketones is 2. The molecule has 0 aliphatic heterocycles. The molecule has 0 aromatic heterocycles. The quantitative estimate of drug-likeness (QED) is 0.825. The van der Waals surface area contributed by atoms with Crippen molar-refractivity contribution < 1.29 is 14.7 Å².